The molecule has 10 nitrogen and oxygen atoms in total. The van der Waals surface area contributed by atoms with Gasteiger partial charge in [-0.05, 0) is 42.8 Å². The lowest BCUT2D eigenvalue weighted by Crippen LogP contribution is -2.35. The molecule has 0 aliphatic rings. The zero-order valence-electron chi connectivity index (χ0n) is 17.1. The van der Waals surface area contributed by atoms with Crippen molar-refractivity contribution in [2.75, 3.05) is 20.2 Å². The Morgan fingerprint density at radius 1 is 1.06 bits per heavy atom. The topological polar surface area (TPSA) is 160 Å². The van der Waals surface area contributed by atoms with Crippen LogP contribution in [0.1, 0.15) is 16.1 Å². The van der Waals surface area contributed by atoms with Gasteiger partial charge >= 0.3 is 0 Å². The molecule has 2 aromatic carbocycles. The number of aromatic nitrogens is 1. The summed E-state index contributed by atoms with van der Waals surface area (Å²) in [4.78, 5) is 14.2. The number of hydrogen-bond acceptors (Lipinski definition) is 6. The van der Waals surface area contributed by atoms with Gasteiger partial charge in [0.1, 0.15) is 21.2 Å². The Morgan fingerprint density at radius 3 is 2.34 bits per heavy atom. The quantitative estimate of drug-likeness (QED) is 0.299. The van der Waals surface area contributed by atoms with Gasteiger partial charge in [0.15, 0.2) is 0 Å². The summed E-state index contributed by atoms with van der Waals surface area (Å²) in [6.45, 7) is 1.23. The zero-order chi connectivity index (χ0) is 23.7. The number of sulfonamides is 2. The molecule has 5 N–H and O–H groups in total. The molecule has 0 saturated heterocycles. The van der Waals surface area contributed by atoms with Crippen LogP contribution in [0.4, 0.5) is 0 Å². The fourth-order valence-corrected chi connectivity index (χ4v) is 6.15. The number of aryl methyl sites for hydroxylation is 1. The predicted molar refractivity (Wildman–Crippen MR) is 123 cm³/mol. The second-order valence-corrected chi connectivity index (χ2v) is 11.2. The van der Waals surface area contributed by atoms with Crippen LogP contribution in [0.3, 0.4) is 0 Å². The van der Waals surface area contributed by atoms with Crippen LogP contribution in [0, 0.1) is 6.92 Å². The molecule has 3 aromatic rings. The standard InChI is InChI=1S/C19H21BrN4O6S2/c1-11-3-6-15(30-2)16(9-11)31(26,27)22-7-8-23-32(28,29)18-13-10-12(20)4-5-14(13)24-17(18)19(21)25/h3-6,9-10,22-24H,7-8H2,1-2H3,(H2,21,25). The summed E-state index contributed by atoms with van der Waals surface area (Å²) >= 11 is 3.27. The first kappa shape index (κ1) is 24.2. The van der Waals surface area contributed by atoms with E-state index in [9.17, 15) is 21.6 Å². The van der Waals surface area contributed by atoms with E-state index in [-0.39, 0.29) is 39.7 Å². The molecular formula is C19H21BrN4O6S2. The third-order valence-electron chi connectivity index (χ3n) is 4.55. The van der Waals surface area contributed by atoms with Crippen molar-refractivity contribution in [3.8, 4) is 5.75 Å². The number of methoxy groups -OCH3 is 1. The minimum Gasteiger partial charge on any atom is -0.495 e. The molecule has 1 amide bonds. The Hall–Kier alpha value is -2.45. The first-order valence-corrected chi connectivity index (χ1v) is 13.0. The number of nitrogens with two attached hydrogens (primary N) is 1. The van der Waals surface area contributed by atoms with Crippen LogP contribution < -0.4 is 19.9 Å². The molecule has 0 aliphatic heterocycles. The van der Waals surface area contributed by atoms with Gasteiger partial charge in [0.25, 0.3) is 5.91 Å². The van der Waals surface area contributed by atoms with E-state index in [1.54, 1.807) is 31.2 Å². The third kappa shape index (κ3) is 4.96. The number of hydrogen-bond donors (Lipinski definition) is 4. The third-order valence-corrected chi connectivity index (χ3v) is 8.07. The van der Waals surface area contributed by atoms with Gasteiger partial charge < -0.3 is 15.5 Å². The number of rotatable bonds is 9. The van der Waals surface area contributed by atoms with Gasteiger partial charge in [0.05, 0.1) is 7.11 Å². The minimum absolute atomic E-state index is 0.0552. The number of carbonyl (C=O) groups is 1. The van der Waals surface area contributed by atoms with Gasteiger partial charge in [-0.1, -0.05) is 22.0 Å². The van der Waals surface area contributed by atoms with Gasteiger partial charge in [-0.2, -0.15) is 0 Å². The van der Waals surface area contributed by atoms with Crippen LogP contribution in [-0.4, -0.2) is 47.9 Å². The molecule has 0 aliphatic carbocycles. The van der Waals surface area contributed by atoms with Gasteiger partial charge in [-0.25, -0.2) is 26.3 Å². The van der Waals surface area contributed by atoms with Crippen LogP contribution in [0.2, 0.25) is 0 Å². The highest BCUT2D eigenvalue weighted by molar-refractivity contribution is 9.10. The van der Waals surface area contributed by atoms with E-state index in [1.807, 2.05) is 0 Å². The maximum absolute atomic E-state index is 12.9. The lowest BCUT2D eigenvalue weighted by molar-refractivity contribution is 0.0993. The largest absolute Gasteiger partial charge is 0.495 e. The number of ether oxygens (including phenoxy) is 1. The van der Waals surface area contributed by atoms with Gasteiger partial charge in [0, 0.05) is 28.5 Å². The van der Waals surface area contributed by atoms with E-state index in [0.717, 1.165) is 5.56 Å². The highest BCUT2D eigenvalue weighted by Gasteiger charge is 2.27. The summed E-state index contributed by atoms with van der Waals surface area (Å²) in [5.41, 5.74) is 6.21. The van der Waals surface area contributed by atoms with Gasteiger partial charge in [-0.3, -0.25) is 4.79 Å². The number of amides is 1. The molecule has 13 heteroatoms. The summed E-state index contributed by atoms with van der Waals surface area (Å²) < 4.78 is 61.5. The molecular weight excluding hydrogens is 524 g/mol. The first-order valence-electron chi connectivity index (χ1n) is 9.21. The highest BCUT2D eigenvalue weighted by Crippen LogP contribution is 2.29. The van der Waals surface area contributed by atoms with E-state index in [4.69, 9.17) is 10.5 Å². The van der Waals surface area contributed by atoms with Crippen LogP contribution in [0.15, 0.2) is 50.7 Å². The molecule has 0 radical (unpaired) electrons. The molecule has 172 valence electrons. The predicted octanol–water partition coefficient (Wildman–Crippen LogP) is 1.60. The molecule has 0 saturated carbocycles. The minimum atomic E-state index is -4.20. The van der Waals surface area contributed by atoms with Crippen molar-refractivity contribution < 1.29 is 26.4 Å². The average Bonchev–Trinajstić information content (AvgIpc) is 3.11. The molecule has 1 heterocycles. The van der Waals surface area contributed by atoms with E-state index >= 15 is 0 Å². The number of halogens is 1. The second-order valence-electron chi connectivity index (χ2n) is 6.83. The van der Waals surface area contributed by atoms with E-state index in [2.05, 4.69) is 30.4 Å². The van der Waals surface area contributed by atoms with Crippen molar-refractivity contribution in [1.29, 1.82) is 0 Å². The van der Waals surface area contributed by atoms with Gasteiger partial charge in [-0.15, -0.1) is 0 Å². The molecule has 0 bridgehead atoms. The van der Waals surface area contributed by atoms with Crippen LogP contribution in [0.5, 0.6) is 5.75 Å². The first-order chi connectivity index (χ1) is 15.0. The average molecular weight is 545 g/mol. The molecule has 0 spiro atoms. The maximum atomic E-state index is 12.9. The second kappa shape index (κ2) is 9.19. The number of fused-ring (bicyclic) bond motifs is 1. The molecule has 32 heavy (non-hydrogen) atoms. The summed E-state index contributed by atoms with van der Waals surface area (Å²) in [5, 5.41) is 0.269. The lowest BCUT2D eigenvalue weighted by Gasteiger charge is -2.12. The molecule has 3 rings (SSSR count). The number of aromatic amines is 1. The molecule has 1 aromatic heterocycles. The van der Waals surface area contributed by atoms with Gasteiger partial charge in [0.2, 0.25) is 20.0 Å². The maximum Gasteiger partial charge on any atom is 0.266 e. The van der Waals surface area contributed by atoms with E-state index in [1.165, 1.54) is 19.2 Å². The molecule has 0 atom stereocenters. The van der Waals surface area contributed by atoms with E-state index in [0.29, 0.717) is 9.99 Å². The van der Waals surface area contributed by atoms with Crippen molar-refractivity contribution in [1.82, 2.24) is 14.4 Å². The number of carbonyl (C=O) groups excluding carboxylic acids is 1. The van der Waals surface area contributed by atoms with Crippen LogP contribution in [0.25, 0.3) is 10.9 Å². The zero-order valence-corrected chi connectivity index (χ0v) is 20.3. The Balaban J connectivity index is 1.80. The summed E-state index contributed by atoms with van der Waals surface area (Å²) in [6.07, 6.45) is 0. The SMILES string of the molecule is COc1ccc(C)cc1S(=O)(=O)NCCNS(=O)(=O)c1c(C(N)=O)[nH]c2ccc(Br)cc12. The van der Waals surface area contributed by atoms with Crippen LogP contribution >= 0.6 is 15.9 Å². The summed E-state index contributed by atoms with van der Waals surface area (Å²) in [6, 6.07) is 9.53. The fourth-order valence-electron chi connectivity index (χ4n) is 3.11. The number of benzene rings is 2. The highest BCUT2D eigenvalue weighted by atomic mass is 79.9. The number of nitrogens with one attached hydrogen (secondary N) is 3. The Morgan fingerprint density at radius 2 is 1.72 bits per heavy atom. The summed E-state index contributed by atoms with van der Waals surface area (Å²) in [7, 11) is -6.80. The van der Waals surface area contributed by atoms with Crippen molar-refractivity contribution >= 4 is 52.8 Å². The van der Waals surface area contributed by atoms with Crippen molar-refractivity contribution in [3.05, 3.63) is 52.1 Å². The molecule has 0 fully saturated rings. The number of H-pyrrole nitrogens is 1. The Kier molecular flexibility index (Phi) is 6.95. The van der Waals surface area contributed by atoms with Crippen LogP contribution in [-0.2, 0) is 20.0 Å². The fraction of sp³-hybridized carbons (Fsp3) is 0.211. The smallest absolute Gasteiger partial charge is 0.266 e. The molecule has 0 unspecified atom stereocenters. The summed E-state index contributed by atoms with van der Waals surface area (Å²) in [5.74, 6) is -0.774. The number of primary amides is 1. The lowest BCUT2D eigenvalue weighted by atomic mass is 10.2. The Bertz CT molecular complexity index is 1400. The van der Waals surface area contributed by atoms with Crippen molar-refractivity contribution in [2.24, 2.45) is 5.73 Å². The van der Waals surface area contributed by atoms with Crippen molar-refractivity contribution in [2.45, 2.75) is 16.7 Å². The van der Waals surface area contributed by atoms with E-state index < -0.39 is 26.0 Å². The normalized spacial score (nSPS) is 12.2. The Labute approximate surface area is 193 Å². The van der Waals surface area contributed by atoms with Crippen molar-refractivity contribution in [3.63, 3.8) is 0 Å². The monoisotopic (exact) mass is 544 g/mol.